The smallest absolute Gasteiger partial charge is 0.254 e. The zero-order chi connectivity index (χ0) is 20.6. The molecule has 0 bridgehead atoms. The molecule has 0 aliphatic heterocycles. The summed E-state index contributed by atoms with van der Waals surface area (Å²) < 4.78 is 16.9. The summed E-state index contributed by atoms with van der Waals surface area (Å²) in [6, 6.07) is 12.9. The molecule has 0 spiro atoms. The van der Waals surface area contributed by atoms with Gasteiger partial charge in [0.2, 0.25) is 0 Å². The number of carbonyl (C=O) groups excluding carboxylic acids is 1. The lowest BCUT2D eigenvalue weighted by atomic mass is 10.1. The van der Waals surface area contributed by atoms with Crippen LogP contribution in [0.25, 0.3) is 0 Å². The van der Waals surface area contributed by atoms with Crippen molar-refractivity contribution in [2.24, 2.45) is 0 Å². The molecule has 0 aliphatic carbocycles. The van der Waals surface area contributed by atoms with Gasteiger partial charge in [0, 0.05) is 30.1 Å². The van der Waals surface area contributed by atoms with Crippen molar-refractivity contribution >= 4 is 17.2 Å². The van der Waals surface area contributed by atoms with Crippen LogP contribution in [0, 0.1) is 0 Å². The number of benzene rings is 2. The minimum Gasteiger partial charge on any atom is -0.494 e. The number of methoxy groups -OCH3 is 1. The zero-order valence-electron chi connectivity index (χ0n) is 16.8. The summed E-state index contributed by atoms with van der Waals surface area (Å²) in [5.74, 6) is 1.76. The van der Waals surface area contributed by atoms with Crippen molar-refractivity contribution in [3.63, 3.8) is 0 Å². The fourth-order valence-corrected chi connectivity index (χ4v) is 3.40. The molecule has 0 aliphatic rings. The minimum absolute atomic E-state index is 0.111. The highest BCUT2D eigenvalue weighted by Gasteiger charge is 2.17. The van der Waals surface area contributed by atoms with E-state index < -0.39 is 0 Å². The first kappa shape index (κ1) is 20.7. The number of thiazole rings is 1. The molecule has 0 saturated carbocycles. The molecule has 6 nitrogen and oxygen atoms in total. The predicted octanol–water partition coefficient (Wildman–Crippen LogP) is 4.40. The van der Waals surface area contributed by atoms with Gasteiger partial charge >= 0.3 is 0 Å². The first-order valence-electron chi connectivity index (χ1n) is 9.26. The lowest BCUT2D eigenvalue weighted by Crippen LogP contribution is -2.26. The third-order valence-electron chi connectivity index (χ3n) is 4.30. The van der Waals surface area contributed by atoms with Crippen LogP contribution in [-0.4, -0.2) is 36.6 Å². The van der Waals surface area contributed by atoms with E-state index in [1.807, 2.05) is 36.6 Å². The van der Waals surface area contributed by atoms with E-state index in [0.29, 0.717) is 36.8 Å². The summed E-state index contributed by atoms with van der Waals surface area (Å²) in [6.45, 7) is 3.31. The summed E-state index contributed by atoms with van der Waals surface area (Å²) in [5, 5.41) is 1.93. The number of hydrogen-bond donors (Lipinski definition) is 0. The predicted molar refractivity (Wildman–Crippen MR) is 113 cm³/mol. The maximum absolute atomic E-state index is 12.9. The Balaban J connectivity index is 1.71. The van der Waals surface area contributed by atoms with Crippen molar-refractivity contribution in [1.29, 1.82) is 0 Å². The van der Waals surface area contributed by atoms with E-state index >= 15 is 0 Å². The van der Waals surface area contributed by atoms with Crippen molar-refractivity contribution in [1.82, 2.24) is 9.88 Å². The van der Waals surface area contributed by atoms with Gasteiger partial charge in [-0.3, -0.25) is 4.79 Å². The van der Waals surface area contributed by atoms with Crippen molar-refractivity contribution in [2.75, 3.05) is 20.8 Å². The fraction of sp³-hybridized carbons (Fsp3) is 0.273. The van der Waals surface area contributed by atoms with E-state index in [1.165, 1.54) is 11.3 Å². The van der Waals surface area contributed by atoms with Gasteiger partial charge in [-0.25, -0.2) is 4.98 Å². The molecule has 3 rings (SSSR count). The van der Waals surface area contributed by atoms with Gasteiger partial charge in [-0.05, 0) is 31.2 Å². The molecule has 0 N–H and O–H groups in total. The summed E-state index contributed by atoms with van der Waals surface area (Å²) >= 11 is 1.52. The van der Waals surface area contributed by atoms with E-state index in [4.69, 9.17) is 14.2 Å². The summed E-state index contributed by atoms with van der Waals surface area (Å²) in [6.07, 6.45) is 0. The standard InChI is InChI=1S/C22H24N2O4S/c1-4-27-19-8-6-5-7-17(19)12-24(2)22(25)16-9-10-20(21(11-16)26-3)28-13-18-14-29-15-23-18/h5-11,14-15H,4,12-13H2,1-3H3. The monoisotopic (exact) mass is 412 g/mol. The Labute approximate surface area is 174 Å². The molecule has 1 amide bonds. The molecule has 152 valence electrons. The first-order chi connectivity index (χ1) is 14.1. The zero-order valence-corrected chi connectivity index (χ0v) is 17.6. The molecule has 0 unspecified atom stereocenters. The van der Waals surface area contributed by atoms with Crippen LogP contribution in [0.3, 0.4) is 0 Å². The largest absolute Gasteiger partial charge is 0.494 e. The van der Waals surface area contributed by atoms with Crippen LogP contribution in [-0.2, 0) is 13.2 Å². The van der Waals surface area contributed by atoms with Gasteiger partial charge in [0.1, 0.15) is 12.4 Å². The molecule has 1 heterocycles. The Bertz CT molecular complexity index is 944. The van der Waals surface area contributed by atoms with Crippen LogP contribution in [0.15, 0.2) is 53.4 Å². The molecule has 7 heteroatoms. The van der Waals surface area contributed by atoms with Crippen LogP contribution >= 0.6 is 11.3 Å². The second-order valence-electron chi connectivity index (χ2n) is 6.34. The van der Waals surface area contributed by atoms with Gasteiger partial charge in [-0.15, -0.1) is 11.3 Å². The average molecular weight is 413 g/mol. The Morgan fingerprint density at radius 1 is 1.10 bits per heavy atom. The maximum atomic E-state index is 12.9. The number of carbonyl (C=O) groups is 1. The quantitative estimate of drug-likeness (QED) is 0.521. The molecule has 0 saturated heterocycles. The second kappa shape index (κ2) is 9.93. The molecule has 3 aromatic rings. The number of rotatable bonds is 9. The van der Waals surface area contributed by atoms with E-state index in [1.54, 1.807) is 42.8 Å². The Morgan fingerprint density at radius 2 is 1.93 bits per heavy atom. The van der Waals surface area contributed by atoms with Crippen LogP contribution in [0.4, 0.5) is 0 Å². The molecule has 0 fully saturated rings. The molecular weight excluding hydrogens is 388 g/mol. The second-order valence-corrected chi connectivity index (χ2v) is 7.05. The number of aromatic nitrogens is 1. The number of nitrogens with zero attached hydrogens (tertiary/aromatic N) is 2. The molecule has 0 atom stereocenters. The molecule has 29 heavy (non-hydrogen) atoms. The SMILES string of the molecule is CCOc1ccccc1CN(C)C(=O)c1ccc(OCc2cscn2)c(OC)c1. The van der Waals surface area contributed by atoms with Gasteiger partial charge in [-0.1, -0.05) is 18.2 Å². The van der Waals surface area contributed by atoms with Gasteiger partial charge in [-0.2, -0.15) is 0 Å². The number of hydrogen-bond acceptors (Lipinski definition) is 6. The Morgan fingerprint density at radius 3 is 2.66 bits per heavy atom. The van der Waals surface area contributed by atoms with Crippen LogP contribution in [0.1, 0.15) is 28.5 Å². The summed E-state index contributed by atoms with van der Waals surface area (Å²) in [4.78, 5) is 18.8. The van der Waals surface area contributed by atoms with Crippen molar-refractivity contribution in [3.05, 3.63) is 70.2 Å². The van der Waals surface area contributed by atoms with Crippen molar-refractivity contribution < 1.29 is 19.0 Å². The molecule has 0 radical (unpaired) electrons. The molecule has 1 aromatic heterocycles. The third-order valence-corrected chi connectivity index (χ3v) is 4.93. The van der Waals surface area contributed by atoms with Crippen molar-refractivity contribution in [3.8, 4) is 17.2 Å². The normalized spacial score (nSPS) is 10.4. The lowest BCUT2D eigenvalue weighted by molar-refractivity contribution is 0.0783. The maximum Gasteiger partial charge on any atom is 0.254 e. The van der Waals surface area contributed by atoms with Gasteiger partial charge in [0.05, 0.1) is 24.9 Å². The van der Waals surface area contributed by atoms with E-state index in [0.717, 1.165) is 17.0 Å². The fourth-order valence-electron chi connectivity index (χ4n) is 2.86. The third kappa shape index (κ3) is 5.26. The van der Waals surface area contributed by atoms with Crippen LogP contribution in [0.5, 0.6) is 17.2 Å². The van der Waals surface area contributed by atoms with Crippen LogP contribution in [0.2, 0.25) is 0 Å². The molecule has 2 aromatic carbocycles. The first-order valence-corrected chi connectivity index (χ1v) is 10.2. The van der Waals surface area contributed by atoms with Crippen LogP contribution < -0.4 is 14.2 Å². The van der Waals surface area contributed by atoms with Gasteiger partial charge < -0.3 is 19.1 Å². The highest BCUT2D eigenvalue weighted by atomic mass is 32.1. The highest BCUT2D eigenvalue weighted by molar-refractivity contribution is 7.07. The average Bonchev–Trinajstić information content (AvgIpc) is 3.27. The van der Waals surface area contributed by atoms with Crippen molar-refractivity contribution in [2.45, 2.75) is 20.1 Å². The topological polar surface area (TPSA) is 60.9 Å². The van der Waals surface area contributed by atoms with E-state index in [9.17, 15) is 4.79 Å². The Kier molecular flexibility index (Phi) is 7.08. The lowest BCUT2D eigenvalue weighted by Gasteiger charge is -2.20. The number of ether oxygens (including phenoxy) is 3. The Hall–Kier alpha value is -3.06. The van der Waals surface area contributed by atoms with Gasteiger partial charge in [0.15, 0.2) is 11.5 Å². The molecular formula is C22H24N2O4S. The number of para-hydroxylation sites is 1. The number of amides is 1. The summed E-state index contributed by atoms with van der Waals surface area (Å²) in [7, 11) is 3.32. The van der Waals surface area contributed by atoms with E-state index in [-0.39, 0.29) is 5.91 Å². The summed E-state index contributed by atoms with van der Waals surface area (Å²) in [5.41, 5.74) is 4.10. The minimum atomic E-state index is -0.111. The highest BCUT2D eigenvalue weighted by Crippen LogP contribution is 2.29. The van der Waals surface area contributed by atoms with E-state index in [2.05, 4.69) is 4.98 Å². The van der Waals surface area contributed by atoms with Gasteiger partial charge in [0.25, 0.3) is 5.91 Å².